The zero-order valence-corrected chi connectivity index (χ0v) is 6.44. The molecule has 0 spiro atoms. The standard InChI is InChI=1S/C8H6N2O2/c1-12-8-9-5-7(6-10-8)3-2-4-11/h4-6H,1H3. The van der Waals surface area contributed by atoms with Crippen LogP contribution in [0.4, 0.5) is 0 Å². The first-order chi connectivity index (χ1) is 5.86. The summed E-state index contributed by atoms with van der Waals surface area (Å²) in [6.45, 7) is 0. The number of carbonyl (C=O) groups is 1. The molecule has 0 atom stereocenters. The van der Waals surface area contributed by atoms with Gasteiger partial charge in [0.25, 0.3) is 0 Å². The summed E-state index contributed by atoms with van der Waals surface area (Å²) in [6, 6.07) is 0.284. The second-order valence-electron chi connectivity index (χ2n) is 1.85. The number of methoxy groups -OCH3 is 1. The van der Waals surface area contributed by atoms with Crippen molar-refractivity contribution in [3.8, 4) is 17.9 Å². The molecule has 12 heavy (non-hydrogen) atoms. The molecule has 0 saturated carbocycles. The largest absolute Gasteiger partial charge is 0.467 e. The van der Waals surface area contributed by atoms with E-state index in [0.29, 0.717) is 11.8 Å². The first-order valence-electron chi connectivity index (χ1n) is 3.18. The normalized spacial score (nSPS) is 8.08. The summed E-state index contributed by atoms with van der Waals surface area (Å²) in [5.41, 5.74) is 0.586. The number of carbonyl (C=O) groups excluding carboxylic acids is 1. The van der Waals surface area contributed by atoms with Crippen LogP contribution < -0.4 is 4.74 Å². The molecule has 1 heterocycles. The van der Waals surface area contributed by atoms with Crippen LogP contribution in [0, 0.1) is 11.8 Å². The van der Waals surface area contributed by atoms with Crippen molar-refractivity contribution in [2.24, 2.45) is 0 Å². The van der Waals surface area contributed by atoms with E-state index in [-0.39, 0.29) is 6.01 Å². The molecule has 0 aromatic carbocycles. The van der Waals surface area contributed by atoms with E-state index in [4.69, 9.17) is 4.74 Å². The average molecular weight is 162 g/mol. The Kier molecular flexibility index (Phi) is 2.79. The number of hydrogen-bond acceptors (Lipinski definition) is 4. The highest BCUT2D eigenvalue weighted by atomic mass is 16.5. The summed E-state index contributed by atoms with van der Waals surface area (Å²) in [4.78, 5) is 17.5. The van der Waals surface area contributed by atoms with E-state index in [1.54, 1.807) is 0 Å². The zero-order valence-electron chi connectivity index (χ0n) is 6.44. The summed E-state index contributed by atoms with van der Waals surface area (Å²) >= 11 is 0. The molecule has 4 nitrogen and oxygen atoms in total. The predicted molar refractivity (Wildman–Crippen MR) is 41.5 cm³/mol. The monoisotopic (exact) mass is 162 g/mol. The number of aldehydes is 1. The van der Waals surface area contributed by atoms with Crippen LogP contribution >= 0.6 is 0 Å². The Morgan fingerprint density at radius 1 is 1.50 bits per heavy atom. The lowest BCUT2D eigenvalue weighted by molar-refractivity contribution is -0.103. The third-order valence-electron chi connectivity index (χ3n) is 1.09. The van der Waals surface area contributed by atoms with E-state index in [1.807, 2.05) is 0 Å². The van der Waals surface area contributed by atoms with Gasteiger partial charge in [0.15, 0.2) is 6.29 Å². The summed E-state index contributed by atoms with van der Waals surface area (Å²) in [5.74, 6) is 4.80. The van der Waals surface area contributed by atoms with Gasteiger partial charge in [-0.1, -0.05) is 5.92 Å². The fraction of sp³-hybridized carbons (Fsp3) is 0.125. The molecule has 4 heteroatoms. The van der Waals surface area contributed by atoms with Gasteiger partial charge in [0.1, 0.15) is 0 Å². The summed E-state index contributed by atoms with van der Waals surface area (Å²) in [6.07, 6.45) is 3.49. The SMILES string of the molecule is COc1ncc(C#CC=O)cn1. The molecule has 1 aromatic heterocycles. The second kappa shape index (κ2) is 4.09. The quantitative estimate of drug-likeness (QED) is 0.432. The number of aromatic nitrogens is 2. The van der Waals surface area contributed by atoms with Crippen molar-refractivity contribution in [2.45, 2.75) is 0 Å². The lowest BCUT2D eigenvalue weighted by Crippen LogP contribution is -1.91. The Labute approximate surface area is 69.6 Å². The van der Waals surface area contributed by atoms with Gasteiger partial charge in [0, 0.05) is 12.4 Å². The Balaban J connectivity index is 2.84. The van der Waals surface area contributed by atoms with Gasteiger partial charge in [-0.05, 0) is 5.92 Å². The Morgan fingerprint density at radius 2 is 2.17 bits per heavy atom. The van der Waals surface area contributed by atoms with Crippen LogP contribution in [-0.4, -0.2) is 23.4 Å². The van der Waals surface area contributed by atoms with Crippen molar-refractivity contribution in [1.29, 1.82) is 0 Å². The minimum atomic E-state index is 0.284. The molecule has 0 unspecified atom stereocenters. The van der Waals surface area contributed by atoms with Crippen molar-refractivity contribution in [3.63, 3.8) is 0 Å². The Morgan fingerprint density at radius 3 is 2.67 bits per heavy atom. The molecule has 0 N–H and O–H groups in total. The van der Waals surface area contributed by atoms with Gasteiger partial charge in [0.05, 0.1) is 12.7 Å². The van der Waals surface area contributed by atoms with E-state index in [1.165, 1.54) is 19.5 Å². The van der Waals surface area contributed by atoms with E-state index >= 15 is 0 Å². The number of nitrogens with zero attached hydrogens (tertiary/aromatic N) is 2. The Bertz CT molecular complexity index is 321. The number of hydrogen-bond donors (Lipinski definition) is 0. The Hall–Kier alpha value is -1.89. The topological polar surface area (TPSA) is 52.1 Å². The molecule has 0 saturated heterocycles. The molecule has 0 aliphatic rings. The molecule has 0 aliphatic heterocycles. The predicted octanol–water partition coefficient (Wildman–Crippen LogP) is 0.0356. The van der Waals surface area contributed by atoms with Crippen LogP contribution in [0.5, 0.6) is 6.01 Å². The third-order valence-corrected chi connectivity index (χ3v) is 1.09. The van der Waals surface area contributed by atoms with Crippen molar-refractivity contribution in [1.82, 2.24) is 9.97 Å². The molecule has 1 rings (SSSR count). The fourth-order valence-electron chi connectivity index (χ4n) is 0.599. The van der Waals surface area contributed by atoms with Gasteiger partial charge in [-0.2, -0.15) is 0 Å². The molecule has 0 amide bonds. The van der Waals surface area contributed by atoms with Crippen LogP contribution in [0.15, 0.2) is 12.4 Å². The van der Waals surface area contributed by atoms with E-state index in [2.05, 4.69) is 21.8 Å². The zero-order chi connectivity index (χ0) is 8.81. The lowest BCUT2D eigenvalue weighted by Gasteiger charge is -1.94. The van der Waals surface area contributed by atoms with E-state index < -0.39 is 0 Å². The van der Waals surface area contributed by atoms with Crippen LogP contribution in [0.1, 0.15) is 5.56 Å². The van der Waals surface area contributed by atoms with Crippen molar-refractivity contribution < 1.29 is 9.53 Å². The van der Waals surface area contributed by atoms with Crippen LogP contribution in [-0.2, 0) is 4.79 Å². The van der Waals surface area contributed by atoms with Gasteiger partial charge in [-0.15, -0.1) is 0 Å². The minimum absolute atomic E-state index is 0.284. The van der Waals surface area contributed by atoms with Crippen LogP contribution in [0.2, 0.25) is 0 Å². The van der Waals surface area contributed by atoms with Crippen molar-refractivity contribution >= 4 is 6.29 Å². The lowest BCUT2D eigenvalue weighted by atomic mass is 10.3. The highest BCUT2D eigenvalue weighted by Gasteiger charge is 1.91. The number of ether oxygens (including phenoxy) is 1. The molecule has 1 aromatic rings. The summed E-state index contributed by atoms with van der Waals surface area (Å²) in [5, 5.41) is 0. The maximum atomic E-state index is 9.86. The maximum Gasteiger partial charge on any atom is 0.316 e. The van der Waals surface area contributed by atoms with Gasteiger partial charge >= 0.3 is 6.01 Å². The minimum Gasteiger partial charge on any atom is -0.467 e. The first-order valence-corrected chi connectivity index (χ1v) is 3.18. The summed E-state index contributed by atoms with van der Waals surface area (Å²) in [7, 11) is 1.48. The maximum absolute atomic E-state index is 9.86. The smallest absolute Gasteiger partial charge is 0.316 e. The summed E-state index contributed by atoms with van der Waals surface area (Å²) < 4.78 is 4.73. The highest BCUT2D eigenvalue weighted by Crippen LogP contribution is 1.99. The van der Waals surface area contributed by atoms with Crippen LogP contribution in [0.3, 0.4) is 0 Å². The van der Waals surface area contributed by atoms with Crippen molar-refractivity contribution in [3.05, 3.63) is 18.0 Å². The van der Waals surface area contributed by atoms with Gasteiger partial charge < -0.3 is 4.74 Å². The van der Waals surface area contributed by atoms with Crippen molar-refractivity contribution in [2.75, 3.05) is 7.11 Å². The molecule has 0 aliphatic carbocycles. The first kappa shape index (κ1) is 8.21. The molecule has 0 fully saturated rings. The third kappa shape index (κ3) is 2.06. The highest BCUT2D eigenvalue weighted by molar-refractivity contribution is 5.73. The van der Waals surface area contributed by atoms with Crippen LogP contribution in [0.25, 0.3) is 0 Å². The van der Waals surface area contributed by atoms with E-state index in [0.717, 1.165) is 0 Å². The van der Waals surface area contributed by atoms with E-state index in [9.17, 15) is 4.79 Å². The fourth-order valence-corrected chi connectivity index (χ4v) is 0.599. The van der Waals surface area contributed by atoms with Gasteiger partial charge in [-0.3, -0.25) is 4.79 Å². The van der Waals surface area contributed by atoms with Gasteiger partial charge in [-0.25, -0.2) is 9.97 Å². The van der Waals surface area contributed by atoms with Gasteiger partial charge in [0.2, 0.25) is 0 Å². The average Bonchev–Trinajstić information content (AvgIpc) is 2.15. The molecular formula is C8H6N2O2. The second-order valence-corrected chi connectivity index (χ2v) is 1.85. The molecule has 60 valence electrons. The molecular weight excluding hydrogens is 156 g/mol. The number of rotatable bonds is 1. The molecule has 0 bridgehead atoms. The molecule has 0 radical (unpaired) electrons.